The minimum Gasteiger partial charge on any atom is -0.480 e. The first kappa shape index (κ1) is 10.6. The number of aliphatic carboxylic acids is 1. The Morgan fingerprint density at radius 3 is 2.83 bits per heavy atom. The van der Waals surface area contributed by atoms with Crippen LogP contribution in [0.2, 0.25) is 0 Å². The molecule has 0 heterocycles. The molecule has 0 radical (unpaired) electrons. The van der Waals surface area contributed by atoms with Gasteiger partial charge in [0.15, 0.2) is 0 Å². The number of hydrogen-bond donors (Lipinski definition) is 2. The Labute approximate surface area is 70.0 Å². The molecule has 0 rings (SSSR count). The van der Waals surface area contributed by atoms with Gasteiger partial charge in [0.05, 0.1) is 13.2 Å². The quantitative estimate of drug-likeness (QED) is 0.306. The summed E-state index contributed by atoms with van der Waals surface area (Å²) in [6.45, 7) is 3.60. The average Bonchev–Trinajstić information content (AvgIpc) is 2.03. The summed E-state index contributed by atoms with van der Waals surface area (Å²) in [5, 5.41) is 10.6. The molecule has 0 aromatic carbocycles. The smallest absolute Gasteiger partial charge is 0.328 e. The Morgan fingerprint density at radius 1 is 1.75 bits per heavy atom. The molecule has 5 heteroatoms. The fraction of sp³-hybridized carbons (Fsp3) is 0.429. The lowest BCUT2D eigenvalue weighted by Crippen LogP contribution is -2.39. The fourth-order valence-electron chi connectivity index (χ4n) is 0.542. The van der Waals surface area contributed by atoms with E-state index in [4.69, 9.17) is 9.84 Å². The molecular formula is C7H11NO4. The second-order valence-corrected chi connectivity index (χ2v) is 2.00. The van der Waals surface area contributed by atoms with Gasteiger partial charge in [-0.3, -0.25) is 4.79 Å². The van der Waals surface area contributed by atoms with E-state index in [0.29, 0.717) is 6.41 Å². The molecule has 2 N–H and O–H groups in total. The minimum atomic E-state index is -1.12. The molecule has 0 aromatic heterocycles. The van der Waals surface area contributed by atoms with Crippen LogP contribution in [0, 0.1) is 0 Å². The first-order chi connectivity index (χ1) is 5.72. The zero-order valence-corrected chi connectivity index (χ0v) is 6.53. The predicted octanol–water partition coefficient (Wildman–Crippen LogP) is -0.612. The second-order valence-electron chi connectivity index (χ2n) is 2.00. The maximum absolute atomic E-state index is 10.4. The molecule has 5 nitrogen and oxygen atoms in total. The van der Waals surface area contributed by atoms with Gasteiger partial charge in [0, 0.05) is 0 Å². The standard InChI is InChI=1S/C7H11NO4/c1-2-3-12-4-6(7(10)11)8-5-9/h2,5-6H,1,3-4H2,(H,8,9)(H,10,11). The predicted molar refractivity (Wildman–Crippen MR) is 41.6 cm³/mol. The number of amides is 1. The van der Waals surface area contributed by atoms with Crippen LogP contribution in [0.3, 0.4) is 0 Å². The van der Waals surface area contributed by atoms with Crippen molar-refractivity contribution in [3.63, 3.8) is 0 Å². The molecule has 0 aliphatic carbocycles. The Hall–Kier alpha value is -1.36. The first-order valence-corrected chi connectivity index (χ1v) is 3.33. The number of hydrogen-bond acceptors (Lipinski definition) is 3. The molecule has 0 fully saturated rings. The van der Waals surface area contributed by atoms with Crippen molar-refractivity contribution in [3.05, 3.63) is 12.7 Å². The molecule has 12 heavy (non-hydrogen) atoms. The van der Waals surface area contributed by atoms with Crippen LogP contribution in [0.1, 0.15) is 0 Å². The van der Waals surface area contributed by atoms with Crippen LogP contribution in [0.4, 0.5) is 0 Å². The van der Waals surface area contributed by atoms with Crippen molar-refractivity contribution >= 4 is 12.4 Å². The molecule has 0 saturated heterocycles. The molecule has 0 aliphatic rings. The lowest BCUT2D eigenvalue weighted by Gasteiger charge is -2.09. The molecule has 68 valence electrons. The Morgan fingerprint density at radius 2 is 2.42 bits per heavy atom. The summed E-state index contributed by atoms with van der Waals surface area (Å²) in [7, 11) is 0. The molecule has 0 saturated carbocycles. The first-order valence-electron chi connectivity index (χ1n) is 3.33. The van der Waals surface area contributed by atoms with E-state index in [1.165, 1.54) is 6.08 Å². The van der Waals surface area contributed by atoms with Crippen molar-refractivity contribution in [3.8, 4) is 0 Å². The van der Waals surface area contributed by atoms with E-state index in [0.717, 1.165) is 0 Å². The second kappa shape index (κ2) is 6.36. The summed E-state index contributed by atoms with van der Waals surface area (Å²) < 4.78 is 4.84. The van der Waals surface area contributed by atoms with Crippen molar-refractivity contribution < 1.29 is 19.4 Å². The largest absolute Gasteiger partial charge is 0.480 e. The van der Waals surface area contributed by atoms with Gasteiger partial charge in [0.2, 0.25) is 6.41 Å². The number of carboxylic acids is 1. The summed E-state index contributed by atoms with van der Waals surface area (Å²) in [6, 6.07) is -0.984. The minimum absolute atomic E-state index is 0.0555. The van der Waals surface area contributed by atoms with E-state index in [9.17, 15) is 9.59 Å². The van der Waals surface area contributed by atoms with Crippen molar-refractivity contribution in [1.82, 2.24) is 5.32 Å². The highest BCUT2D eigenvalue weighted by Crippen LogP contribution is 1.85. The number of carbonyl (C=O) groups is 2. The van der Waals surface area contributed by atoms with Gasteiger partial charge in [-0.05, 0) is 0 Å². The van der Waals surface area contributed by atoms with Gasteiger partial charge in [-0.25, -0.2) is 4.79 Å². The van der Waals surface area contributed by atoms with E-state index in [-0.39, 0.29) is 13.2 Å². The summed E-state index contributed by atoms with van der Waals surface area (Å²) >= 11 is 0. The molecule has 1 atom stereocenters. The zero-order chi connectivity index (χ0) is 9.40. The monoisotopic (exact) mass is 173 g/mol. The number of carbonyl (C=O) groups excluding carboxylic acids is 1. The lowest BCUT2D eigenvalue weighted by molar-refractivity contribution is -0.142. The van der Waals surface area contributed by atoms with Gasteiger partial charge in [-0.15, -0.1) is 6.58 Å². The van der Waals surface area contributed by atoms with Crippen LogP contribution in [-0.4, -0.2) is 36.7 Å². The maximum Gasteiger partial charge on any atom is 0.328 e. The van der Waals surface area contributed by atoms with E-state index in [1.54, 1.807) is 0 Å². The third-order valence-corrected chi connectivity index (χ3v) is 1.09. The summed E-state index contributed by atoms with van der Waals surface area (Å²) in [5.74, 6) is -1.12. The number of carboxylic acid groups (broad SMARTS) is 1. The molecule has 0 bridgehead atoms. The molecule has 0 aromatic rings. The third kappa shape index (κ3) is 4.45. The lowest BCUT2D eigenvalue weighted by atomic mass is 10.3. The highest BCUT2D eigenvalue weighted by Gasteiger charge is 2.15. The molecule has 1 amide bonds. The molecular weight excluding hydrogens is 162 g/mol. The van der Waals surface area contributed by atoms with Crippen molar-refractivity contribution in [2.45, 2.75) is 6.04 Å². The van der Waals surface area contributed by atoms with Crippen molar-refractivity contribution in [1.29, 1.82) is 0 Å². The SMILES string of the molecule is C=CCOCC(NC=O)C(=O)O. The van der Waals surface area contributed by atoms with Gasteiger partial charge >= 0.3 is 5.97 Å². The van der Waals surface area contributed by atoms with Gasteiger partial charge in [-0.1, -0.05) is 6.08 Å². The summed E-state index contributed by atoms with van der Waals surface area (Å²) in [5.41, 5.74) is 0. The molecule has 0 spiro atoms. The Balaban J connectivity index is 3.70. The van der Waals surface area contributed by atoms with Gasteiger partial charge in [0.25, 0.3) is 0 Å². The van der Waals surface area contributed by atoms with Crippen LogP contribution >= 0.6 is 0 Å². The number of ether oxygens (including phenoxy) is 1. The summed E-state index contributed by atoms with van der Waals surface area (Å²) in [4.78, 5) is 20.3. The fourth-order valence-corrected chi connectivity index (χ4v) is 0.542. The topological polar surface area (TPSA) is 75.6 Å². The van der Waals surface area contributed by atoms with Gasteiger partial charge in [-0.2, -0.15) is 0 Å². The van der Waals surface area contributed by atoms with Crippen LogP contribution in [0.25, 0.3) is 0 Å². The van der Waals surface area contributed by atoms with Crippen molar-refractivity contribution in [2.24, 2.45) is 0 Å². The van der Waals surface area contributed by atoms with Crippen LogP contribution in [0.15, 0.2) is 12.7 Å². The normalized spacial score (nSPS) is 11.7. The van der Waals surface area contributed by atoms with E-state index in [1.807, 2.05) is 0 Å². The highest BCUT2D eigenvalue weighted by atomic mass is 16.5. The third-order valence-electron chi connectivity index (χ3n) is 1.09. The van der Waals surface area contributed by atoms with Gasteiger partial charge < -0.3 is 15.2 Å². The van der Waals surface area contributed by atoms with Crippen LogP contribution < -0.4 is 5.32 Å². The number of rotatable bonds is 7. The van der Waals surface area contributed by atoms with E-state index >= 15 is 0 Å². The highest BCUT2D eigenvalue weighted by molar-refractivity contribution is 5.76. The average molecular weight is 173 g/mol. The Kier molecular flexibility index (Phi) is 5.64. The van der Waals surface area contributed by atoms with Crippen LogP contribution in [0.5, 0.6) is 0 Å². The van der Waals surface area contributed by atoms with Crippen molar-refractivity contribution in [2.75, 3.05) is 13.2 Å². The van der Waals surface area contributed by atoms with Crippen LogP contribution in [-0.2, 0) is 14.3 Å². The van der Waals surface area contributed by atoms with E-state index < -0.39 is 12.0 Å². The Bertz CT molecular complexity index is 169. The van der Waals surface area contributed by atoms with Gasteiger partial charge in [0.1, 0.15) is 6.04 Å². The molecule has 0 aliphatic heterocycles. The summed E-state index contributed by atoms with van der Waals surface area (Å²) in [6.07, 6.45) is 1.83. The maximum atomic E-state index is 10.4. The number of nitrogens with one attached hydrogen (secondary N) is 1. The molecule has 1 unspecified atom stereocenters. The zero-order valence-electron chi connectivity index (χ0n) is 6.53. The van der Waals surface area contributed by atoms with E-state index in [2.05, 4.69) is 11.9 Å².